The molecule has 0 saturated heterocycles. The highest BCUT2D eigenvalue weighted by Crippen LogP contribution is 2.29. The molecule has 1 aliphatic carbocycles. The lowest BCUT2D eigenvalue weighted by Crippen LogP contribution is -2.33. The van der Waals surface area contributed by atoms with Crippen molar-refractivity contribution in [1.82, 2.24) is 9.88 Å². The molecule has 2 rings (SSSR count). The average molecular weight is 278 g/mol. The average Bonchev–Trinajstić information content (AvgIpc) is 3.21. The van der Waals surface area contributed by atoms with Gasteiger partial charge in [-0.2, -0.15) is 0 Å². The summed E-state index contributed by atoms with van der Waals surface area (Å²) in [7, 11) is 0. The van der Waals surface area contributed by atoms with E-state index in [0.717, 1.165) is 19.5 Å². The molecule has 0 aliphatic heterocycles. The minimum atomic E-state index is -0.233. The zero-order valence-corrected chi connectivity index (χ0v) is 12.7. The highest BCUT2D eigenvalue weighted by atomic mass is 16.5. The standard InChI is InChI=1S/C16H26N2O2/c1-4-15(19)11-18(14-5-6-14)10-13-7-8-17-16(9-13)20-12(2)3/h7-9,12,14-15,19H,4-6,10-11H2,1-3H3. The highest BCUT2D eigenvalue weighted by Gasteiger charge is 2.29. The molecule has 1 atom stereocenters. The van der Waals surface area contributed by atoms with Crippen LogP contribution in [0.4, 0.5) is 0 Å². The largest absolute Gasteiger partial charge is 0.475 e. The number of aliphatic hydroxyl groups excluding tert-OH is 1. The van der Waals surface area contributed by atoms with Gasteiger partial charge in [0.2, 0.25) is 5.88 Å². The van der Waals surface area contributed by atoms with E-state index in [4.69, 9.17) is 4.74 Å². The van der Waals surface area contributed by atoms with Gasteiger partial charge in [0.1, 0.15) is 0 Å². The van der Waals surface area contributed by atoms with Gasteiger partial charge >= 0.3 is 0 Å². The van der Waals surface area contributed by atoms with Crippen molar-refractivity contribution in [2.45, 2.75) is 64.8 Å². The third-order valence-corrected chi connectivity index (χ3v) is 3.52. The SMILES string of the molecule is CCC(O)CN(Cc1ccnc(OC(C)C)c1)C1CC1. The van der Waals surface area contributed by atoms with Crippen molar-refractivity contribution in [2.75, 3.05) is 6.54 Å². The number of pyridine rings is 1. The van der Waals surface area contributed by atoms with Crippen molar-refractivity contribution >= 4 is 0 Å². The summed E-state index contributed by atoms with van der Waals surface area (Å²) in [4.78, 5) is 6.61. The number of aliphatic hydroxyl groups is 1. The Balaban J connectivity index is 1.99. The zero-order chi connectivity index (χ0) is 14.5. The summed E-state index contributed by atoms with van der Waals surface area (Å²) in [5, 5.41) is 9.88. The molecule has 0 aromatic carbocycles. The zero-order valence-electron chi connectivity index (χ0n) is 12.7. The van der Waals surface area contributed by atoms with Crippen molar-refractivity contribution < 1.29 is 9.84 Å². The van der Waals surface area contributed by atoms with Gasteiger partial charge in [0.05, 0.1) is 12.2 Å². The van der Waals surface area contributed by atoms with Crippen LogP contribution in [0.1, 0.15) is 45.6 Å². The van der Waals surface area contributed by atoms with E-state index in [1.54, 1.807) is 6.20 Å². The normalized spacial score (nSPS) is 16.7. The molecular formula is C16H26N2O2. The molecule has 1 unspecified atom stereocenters. The lowest BCUT2D eigenvalue weighted by atomic mass is 10.2. The molecule has 0 bridgehead atoms. The van der Waals surface area contributed by atoms with Gasteiger partial charge in [-0.1, -0.05) is 6.92 Å². The first-order valence-electron chi connectivity index (χ1n) is 7.62. The molecule has 0 spiro atoms. The number of ether oxygens (including phenoxy) is 1. The first kappa shape index (κ1) is 15.3. The van der Waals surface area contributed by atoms with Crippen LogP contribution in [-0.2, 0) is 6.54 Å². The Morgan fingerprint density at radius 2 is 2.20 bits per heavy atom. The van der Waals surface area contributed by atoms with Crippen LogP contribution >= 0.6 is 0 Å². The lowest BCUT2D eigenvalue weighted by Gasteiger charge is -2.24. The van der Waals surface area contributed by atoms with E-state index < -0.39 is 0 Å². The van der Waals surface area contributed by atoms with E-state index >= 15 is 0 Å². The number of hydrogen-bond donors (Lipinski definition) is 1. The number of aromatic nitrogens is 1. The monoisotopic (exact) mass is 278 g/mol. The summed E-state index contributed by atoms with van der Waals surface area (Å²) >= 11 is 0. The van der Waals surface area contributed by atoms with Gasteiger partial charge in [-0.15, -0.1) is 0 Å². The van der Waals surface area contributed by atoms with Crippen LogP contribution in [0, 0.1) is 0 Å². The molecule has 1 aliphatic rings. The third kappa shape index (κ3) is 4.76. The Kier molecular flexibility index (Phi) is 5.38. The molecule has 4 nitrogen and oxygen atoms in total. The predicted octanol–water partition coefficient (Wildman–Crippen LogP) is 2.60. The predicted molar refractivity (Wildman–Crippen MR) is 79.7 cm³/mol. The first-order valence-corrected chi connectivity index (χ1v) is 7.62. The fourth-order valence-electron chi connectivity index (χ4n) is 2.27. The van der Waals surface area contributed by atoms with E-state index in [-0.39, 0.29) is 12.2 Å². The molecule has 112 valence electrons. The minimum Gasteiger partial charge on any atom is -0.475 e. The van der Waals surface area contributed by atoms with Crippen LogP contribution in [0.25, 0.3) is 0 Å². The molecule has 1 N–H and O–H groups in total. The summed E-state index contributed by atoms with van der Waals surface area (Å²) in [6, 6.07) is 4.67. The van der Waals surface area contributed by atoms with Gasteiger partial charge in [-0.3, -0.25) is 4.90 Å². The molecule has 1 heterocycles. The second-order valence-corrected chi connectivity index (χ2v) is 5.89. The quantitative estimate of drug-likeness (QED) is 0.794. The number of rotatable bonds is 8. The van der Waals surface area contributed by atoms with E-state index in [1.807, 2.05) is 32.9 Å². The fourth-order valence-corrected chi connectivity index (χ4v) is 2.27. The molecule has 1 saturated carbocycles. The maximum absolute atomic E-state index is 9.88. The molecule has 1 aromatic heterocycles. The summed E-state index contributed by atoms with van der Waals surface area (Å²) in [5.74, 6) is 0.685. The van der Waals surface area contributed by atoms with E-state index in [2.05, 4.69) is 9.88 Å². The van der Waals surface area contributed by atoms with Crippen molar-refractivity contribution in [3.63, 3.8) is 0 Å². The summed E-state index contributed by atoms with van der Waals surface area (Å²) in [5.41, 5.74) is 1.20. The lowest BCUT2D eigenvalue weighted by molar-refractivity contribution is 0.101. The van der Waals surface area contributed by atoms with Gasteiger partial charge in [-0.25, -0.2) is 4.98 Å². The fraction of sp³-hybridized carbons (Fsp3) is 0.688. The summed E-state index contributed by atoms with van der Waals surface area (Å²) < 4.78 is 5.64. The van der Waals surface area contributed by atoms with Crippen LogP contribution in [-0.4, -0.2) is 39.8 Å². The maximum Gasteiger partial charge on any atom is 0.213 e. The summed E-state index contributed by atoms with van der Waals surface area (Å²) in [6.07, 6.45) is 5.01. The number of hydrogen-bond acceptors (Lipinski definition) is 4. The molecule has 0 amide bonds. The van der Waals surface area contributed by atoms with Crippen molar-refractivity contribution in [2.24, 2.45) is 0 Å². The van der Waals surface area contributed by atoms with E-state index in [0.29, 0.717) is 11.9 Å². The van der Waals surface area contributed by atoms with E-state index in [9.17, 15) is 5.11 Å². The maximum atomic E-state index is 9.88. The second kappa shape index (κ2) is 7.04. The van der Waals surface area contributed by atoms with Crippen molar-refractivity contribution in [1.29, 1.82) is 0 Å². The molecule has 1 fully saturated rings. The van der Waals surface area contributed by atoms with Crippen LogP contribution in [0.5, 0.6) is 5.88 Å². The Bertz CT molecular complexity index is 419. The molecule has 20 heavy (non-hydrogen) atoms. The highest BCUT2D eigenvalue weighted by molar-refractivity contribution is 5.21. The third-order valence-electron chi connectivity index (χ3n) is 3.52. The van der Waals surface area contributed by atoms with Gasteiger partial charge in [0.15, 0.2) is 0 Å². The van der Waals surface area contributed by atoms with E-state index in [1.165, 1.54) is 18.4 Å². The van der Waals surface area contributed by atoms with Crippen LogP contribution < -0.4 is 4.74 Å². The molecule has 1 aromatic rings. The van der Waals surface area contributed by atoms with Crippen LogP contribution in [0.2, 0.25) is 0 Å². The summed E-state index contributed by atoms with van der Waals surface area (Å²) in [6.45, 7) is 7.64. The molecule has 0 radical (unpaired) electrons. The van der Waals surface area contributed by atoms with Gasteiger partial charge < -0.3 is 9.84 Å². The van der Waals surface area contributed by atoms with Gasteiger partial charge in [0, 0.05) is 31.4 Å². The molecular weight excluding hydrogens is 252 g/mol. The topological polar surface area (TPSA) is 45.6 Å². The Morgan fingerprint density at radius 1 is 1.45 bits per heavy atom. The van der Waals surface area contributed by atoms with Crippen molar-refractivity contribution in [3.8, 4) is 5.88 Å². The number of nitrogens with zero attached hydrogens (tertiary/aromatic N) is 2. The Hall–Kier alpha value is -1.13. The smallest absolute Gasteiger partial charge is 0.213 e. The van der Waals surface area contributed by atoms with Crippen LogP contribution in [0.15, 0.2) is 18.3 Å². The van der Waals surface area contributed by atoms with Gasteiger partial charge in [0.25, 0.3) is 0 Å². The Labute approximate surface area is 121 Å². The second-order valence-electron chi connectivity index (χ2n) is 5.89. The van der Waals surface area contributed by atoms with Gasteiger partial charge in [-0.05, 0) is 44.7 Å². The van der Waals surface area contributed by atoms with Crippen LogP contribution in [0.3, 0.4) is 0 Å². The Morgan fingerprint density at radius 3 is 2.80 bits per heavy atom. The molecule has 4 heteroatoms. The minimum absolute atomic E-state index is 0.138. The van der Waals surface area contributed by atoms with Crippen molar-refractivity contribution in [3.05, 3.63) is 23.9 Å². The first-order chi connectivity index (χ1) is 9.58.